The molecule has 0 aromatic heterocycles. The Kier molecular flexibility index (Phi) is 2.27. The van der Waals surface area contributed by atoms with Crippen LogP contribution in [0.2, 0.25) is 0 Å². The standard InChI is InChI=1S/C7H14N2O/c1-9-4-2-3-6(5-9)7(8)10/h6H,2-5H2,1H3,(H2,8,10)/p+1. The largest absolute Gasteiger partial charge is 0.369 e. The van der Waals surface area contributed by atoms with Gasteiger partial charge >= 0.3 is 0 Å². The summed E-state index contributed by atoms with van der Waals surface area (Å²) in [5.41, 5.74) is 5.18. The van der Waals surface area contributed by atoms with Crippen LogP contribution in [0.15, 0.2) is 0 Å². The second-order valence-electron chi connectivity index (χ2n) is 3.15. The molecule has 2 unspecified atom stereocenters. The molecule has 1 aliphatic heterocycles. The zero-order valence-electron chi connectivity index (χ0n) is 6.39. The molecule has 1 aliphatic rings. The number of amides is 1. The van der Waals surface area contributed by atoms with Crippen LogP contribution in [0, 0.1) is 5.92 Å². The molecule has 1 fully saturated rings. The summed E-state index contributed by atoms with van der Waals surface area (Å²) >= 11 is 0. The molecule has 10 heavy (non-hydrogen) atoms. The summed E-state index contributed by atoms with van der Waals surface area (Å²) in [6.07, 6.45) is 2.13. The summed E-state index contributed by atoms with van der Waals surface area (Å²) in [6.45, 7) is 2.11. The maximum atomic E-state index is 10.7. The number of nitrogens with two attached hydrogens (primary N) is 1. The van der Waals surface area contributed by atoms with Gasteiger partial charge in [0.2, 0.25) is 5.91 Å². The van der Waals surface area contributed by atoms with E-state index in [0.717, 1.165) is 19.4 Å². The van der Waals surface area contributed by atoms with Crippen LogP contribution in [-0.4, -0.2) is 26.0 Å². The predicted octanol–water partition coefficient (Wildman–Crippen LogP) is -1.60. The van der Waals surface area contributed by atoms with Crippen molar-refractivity contribution in [2.45, 2.75) is 12.8 Å². The third-order valence-electron chi connectivity index (χ3n) is 2.15. The van der Waals surface area contributed by atoms with Gasteiger partial charge in [-0.1, -0.05) is 0 Å². The van der Waals surface area contributed by atoms with Gasteiger partial charge in [-0.05, 0) is 12.8 Å². The monoisotopic (exact) mass is 143 g/mol. The third-order valence-corrected chi connectivity index (χ3v) is 2.15. The van der Waals surface area contributed by atoms with Gasteiger partial charge in [0, 0.05) is 0 Å². The zero-order valence-corrected chi connectivity index (χ0v) is 6.39. The molecule has 0 aromatic carbocycles. The fourth-order valence-corrected chi connectivity index (χ4v) is 1.52. The minimum Gasteiger partial charge on any atom is -0.369 e. The highest BCUT2D eigenvalue weighted by molar-refractivity contribution is 5.76. The lowest BCUT2D eigenvalue weighted by Gasteiger charge is -2.24. The van der Waals surface area contributed by atoms with E-state index in [1.165, 1.54) is 11.4 Å². The summed E-state index contributed by atoms with van der Waals surface area (Å²) < 4.78 is 0. The van der Waals surface area contributed by atoms with Crippen molar-refractivity contribution < 1.29 is 9.69 Å². The van der Waals surface area contributed by atoms with E-state index in [2.05, 4.69) is 7.05 Å². The molecule has 0 aliphatic carbocycles. The first-order chi connectivity index (χ1) is 4.70. The van der Waals surface area contributed by atoms with Crippen LogP contribution in [-0.2, 0) is 4.79 Å². The second-order valence-corrected chi connectivity index (χ2v) is 3.15. The molecule has 1 heterocycles. The highest BCUT2D eigenvalue weighted by atomic mass is 16.1. The highest BCUT2D eigenvalue weighted by Crippen LogP contribution is 2.05. The van der Waals surface area contributed by atoms with E-state index in [1.807, 2.05) is 0 Å². The van der Waals surface area contributed by atoms with Gasteiger partial charge in [0.25, 0.3) is 0 Å². The Morgan fingerprint density at radius 1 is 1.70 bits per heavy atom. The lowest BCUT2D eigenvalue weighted by molar-refractivity contribution is -0.887. The number of piperidine rings is 1. The van der Waals surface area contributed by atoms with Crippen LogP contribution in [0.3, 0.4) is 0 Å². The van der Waals surface area contributed by atoms with E-state index in [-0.39, 0.29) is 11.8 Å². The van der Waals surface area contributed by atoms with Crippen LogP contribution in [0.5, 0.6) is 0 Å². The van der Waals surface area contributed by atoms with Crippen molar-refractivity contribution in [3.63, 3.8) is 0 Å². The molecule has 0 spiro atoms. The number of rotatable bonds is 1. The van der Waals surface area contributed by atoms with Crippen molar-refractivity contribution in [2.75, 3.05) is 20.1 Å². The van der Waals surface area contributed by atoms with Gasteiger partial charge in [0.1, 0.15) is 0 Å². The molecule has 1 saturated heterocycles. The number of hydrogen-bond acceptors (Lipinski definition) is 1. The zero-order chi connectivity index (χ0) is 7.56. The van der Waals surface area contributed by atoms with Crippen molar-refractivity contribution in [3.8, 4) is 0 Å². The van der Waals surface area contributed by atoms with Gasteiger partial charge in [-0.25, -0.2) is 0 Å². The molecular weight excluding hydrogens is 128 g/mol. The summed E-state index contributed by atoms with van der Waals surface area (Å²) in [5, 5.41) is 0. The number of nitrogens with one attached hydrogen (secondary N) is 1. The Bertz CT molecular complexity index is 136. The Balaban J connectivity index is 2.39. The van der Waals surface area contributed by atoms with E-state index < -0.39 is 0 Å². The Labute approximate surface area is 61.2 Å². The Morgan fingerprint density at radius 2 is 2.40 bits per heavy atom. The molecule has 1 rings (SSSR count). The number of hydrogen-bond donors (Lipinski definition) is 2. The Morgan fingerprint density at radius 3 is 2.80 bits per heavy atom. The summed E-state index contributed by atoms with van der Waals surface area (Å²) in [5.74, 6) is 0.00722. The van der Waals surface area contributed by atoms with Crippen LogP contribution in [0.4, 0.5) is 0 Å². The second kappa shape index (κ2) is 3.01. The quantitative estimate of drug-likeness (QED) is 0.456. The lowest BCUT2D eigenvalue weighted by Crippen LogP contribution is -3.10. The molecule has 3 heteroatoms. The number of carbonyl (C=O) groups excluding carboxylic acids is 1. The first-order valence-corrected chi connectivity index (χ1v) is 3.81. The molecule has 3 nitrogen and oxygen atoms in total. The van der Waals surface area contributed by atoms with Crippen molar-refractivity contribution in [2.24, 2.45) is 11.7 Å². The fourth-order valence-electron chi connectivity index (χ4n) is 1.52. The highest BCUT2D eigenvalue weighted by Gasteiger charge is 2.24. The number of likely N-dealkylation sites (tertiary alicyclic amines) is 1. The third kappa shape index (κ3) is 1.70. The smallest absolute Gasteiger partial charge is 0.226 e. The normalized spacial score (nSPS) is 33.7. The first kappa shape index (κ1) is 7.54. The maximum absolute atomic E-state index is 10.7. The van der Waals surface area contributed by atoms with Crippen molar-refractivity contribution in [1.82, 2.24) is 0 Å². The van der Waals surface area contributed by atoms with Crippen LogP contribution < -0.4 is 10.6 Å². The molecule has 2 atom stereocenters. The number of carbonyl (C=O) groups is 1. The van der Waals surface area contributed by atoms with E-state index in [0.29, 0.717) is 0 Å². The molecule has 0 aromatic rings. The first-order valence-electron chi connectivity index (χ1n) is 3.81. The predicted molar refractivity (Wildman–Crippen MR) is 38.5 cm³/mol. The van der Waals surface area contributed by atoms with Gasteiger partial charge in [0.05, 0.1) is 26.1 Å². The summed E-state index contributed by atoms with van der Waals surface area (Å²) in [4.78, 5) is 12.1. The maximum Gasteiger partial charge on any atom is 0.226 e. The van der Waals surface area contributed by atoms with Crippen molar-refractivity contribution in [1.29, 1.82) is 0 Å². The van der Waals surface area contributed by atoms with Gasteiger partial charge in [-0.2, -0.15) is 0 Å². The minimum atomic E-state index is -0.126. The van der Waals surface area contributed by atoms with Crippen LogP contribution >= 0.6 is 0 Å². The molecule has 3 N–H and O–H groups in total. The fraction of sp³-hybridized carbons (Fsp3) is 0.857. The van der Waals surface area contributed by atoms with E-state index >= 15 is 0 Å². The van der Waals surface area contributed by atoms with E-state index in [9.17, 15) is 4.79 Å². The Hall–Kier alpha value is -0.570. The summed E-state index contributed by atoms with van der Waals surface area (Å²) in [6, 6.07) is 0. The minimum absolute atomic E-state index is 0.126. The SMILES string of the molecule is C[NH+]1CCCC(C(N)=O)C1. The number of primary amides is 1. The molecule has 0 radical (unpaired) electrons. The molecule has 0 saturated carbocycles. The van der Waals surface area contributed by atoms with E-state index in [4.69, 9.17) is 5.73 Å². The van der Waals surface area contributed by atoms with Gasteiger partial charge in [-0.15, -0.1) is 0 Å². The van der Waals surface area contributed by atoms with E-state index in [1.54, 1.807) is 0 Å². The van der Waals surface area contributed by atoms with Gasteiger partial charge in [0.15, 0.2) is 0 Å². The molecule has 58 valence electrons. The van der Waals surface area contributed by atoms with Crippen molar-refractivity contribution >= 4 is 5.91 Å². The average molecular weight is 143 g/mol. The van der Waals surface area contributed by atoms with Crippen LogP contribution in [0.1, 0.15) is 12.8 Å². The topological polar surface area (TPSA) is 47.5 Å². The molecule has 0 bridgehead atoms. The lowest BCUT2D eigenvalue weighted by atomic mass is 9.98. The van der Waals surface area contributed by atoms with Crippen molar-refractivity contribution in [3.05, 3.63) is 0 Å². The van der Waals surface area contributed by atoms with Gasteiger partial charge < -0.3 is 10.6 Å². The molecular formula is C7H15N2O+. The van der Waals surface area contributed by atoms with Crippen LogP contribution in [0.25, 0.3) is 0 Å². The van der Waals surface area contributed by atoms with Gasteiger partial charge in [-0.3, -0.25) is 4.79 Å². The summed E-state index contributed by atoms with van der Waals surface area (Å²) in [7, 11) is 2.11. The molecule has 1 amide bonds. The average Bonchev–Trinajstić information content (AvgIpc) is 1.88. The number of quaternary nitrogens is 1.